The summed E-state index contributed by atoms with van der Waals surface area (Å²) in [7, 11) is -1.29. The van der Waals surface area contributed by atoms with E-state index < -0.39 is 8.07 Å². The summed E-state index contributed by atoms with van der Waals surface area (Å²) >= 11 is 0. The zero-order valence-electron chi connectivity index (χ0n) is 11.5. The highest BCUT2D eigenvalue weighted by molar-refractivity contribution is 6.83. The van der Waals surface area contributed by atoms with Gasteiger partial charge in [-0.15, -0.1) is 5.54 Å². The molecule has 0 N–H and O–H groups in total. The van der Waals surface area contributed by atoms with Crippen molar-refractivity contribution in [1.29, 1.82) is 0 Å². The molecule has 96 valence electrons. The van der Waals surface area contributed by atoms with Gasteiger partial charge >= 0.3 is 0 Å². The third-order valence-electron chi connectivity index (χ3n) is 2.80. The van der Waals surface area contributed by atoms with Crippen molar-refractivity contribution in [3.8, 4) is 11.5 Å². The van der Waals surface area contributed by atoms with Gasteiger partial charge in [0.2, 0.25) is 0 Å². The molecular weight excluding hydrogens is 238 g/mol. The molecule has 1 aromatic carbocycles. The molecule has 2 rings (SSSR count). The van der Waals surface area contributed by atoms with E-state index in [1.807, 2.05) is 0 Å². The van der Waals surface area contributed by atoms with E-state index in [2.05, 4.69) is 60.3 Å². The van der Waals surface area contributed by atoms with Crippen LogP contribution in [0.3, 0.4) is 0 Å². The zero-order chi connectivity index (χ0) is 13.0. The van der Waals surface area contributed by atoms with Gasteiger partial charge in [0.25, 0.3) is 0 Å². The van der Waals surface area contributed by atoms with Gasteiger partial charge in [-0.05, 0) is 18.2 Å². The minimum absolute atomic E-state index is 0.824. The van der Waals surface area contributed by atoms with Crippen molar-refractivity contribution in [2.45, 2.75) is 19.6 Å². The second kappa shape index (κ2) is 5.60. The molecule has 0 bridgehead atoms. The van der Waals surface area contributed by atoms with Crippen LogP contribution in [0.15, 0.2) is 24.3 Å². The lowest BCUT2D eigenvalue weighted by atomic mass is 10.2. The monoisotopic (exact) mass is 259 g/mol. The summed E-state index contributed by atoms with van der Waals surface area (Å²) in [6.45, 7) is 10.4. The van der Waals surface area contributed by atoms with Crippen molar-refractivity contribution >= 4 is 13.8 Å². The van der Waals surface area contributed by atoms with Crippen molar-refractivity contribution in [2.24, 2.45) is 0 Å². The maximum absolute atomic E-state index is 5.38. The fourth-order valence-corrected chi connectivity index (χ4v) is 2.38. The quantitative estimate of drug-likeness (QED) is 0.568. The molecule has 0 unspecified atom stereocenters. The molecule has 1 aliphatic rings. The molecule has 1 fully saturated rings. The van der Waals surface area contributed by atoms with Crippen molar-refractivity contribution < 1.29 is 4.74 Å². The summed E-state index contributed by atoms with van der Waals surface area (Å²) in [6.07, 6.45) is 0. The Kier molecular flexibility index (Phi) is 4.10. The summed E-state index contributed by atoms with van der Waals surface area (Å²) in [5, 5.41) is 0. The van der Waals surface area contributed by atoms with Gasteiger partial charge < -0.3 is 9.64 Å². The molecule has 0 radical (unpaired) electrons. The molecule has 18 heavy (non-hydrogen) atoms. The first kappa shape index (κ1) is 13.2. The lowest BCUT2D eigenvalue weighted by Crippen LogP contribution is -2.36. The van der Waals surface area contributed by atoms with Gasteiger partial charge in [-0.25, -0.2) is 0 Å². The Bertz CT molecular complexity index is 461. The van der Waals surface area contributed by atoms with Crippen LogP contribution in [-0.2, 0) is 4.74 Å². The fourth-order valence-electron chi connectivity index (χ4n) is 1.86. The Morgan fingerprint density at radius 2 is 1.89 bits per heavy atom. The molecule has 0 saturated carbocycles. The number of nitrogens with zero attached hydrogens (tertiary/aromatic N) is 1. The molecule has 1 aliphatic heterocycles. The van der Waals surface area contributed by atoms with Crippen molar-refractivity contribution in [3.05, 3.63) is 29.8 Å². The van der Waals surface area contributed by atoms with E-state index in [4.69, 9.17) is 4.74 Å². The predicted molar refractivity (Wildman–Crippen MR) is 79.7 cm³/mol. The maximum atomic E-state index is 5.38. The largest absolute Gasteiger partial charge is 0.378 e. The molecule has 1 aromatic rings. The minimum Gasteiger partial charge on any atom is -0.378 e. The molecule has 0 atom stereocenters. The molecule has 0 aliphatic carbocycles. The van der Waals surface area contributed by atoms with Crippen LogP contribution in [0.5, 0.6) is 0 Å². The normalized spacial score (nSPS) is 16.1. The third kappa shape index (κ3) is 3.90. The van der Waals surface area contributed by atoms with Crippen molar-refractivity contribution in [1.82, 2.24) is 0 Å². The summed E-state index contributed by atoms with van der Waals surface area (Å²) in [5.41, 5.74) is 5.80. The first-order valence-corrected chi connectivity index (χ1v) is 10.0. The van der Waals surface area contributed by atoms with E-state index in [1.54, 1.807) is 0 Å². The zero-order valence-corrected chi connectivity index (χ0v) is 12.5. The van der Waals surface area contributed by atoms with Crippen LogP contribution in [0.2, 0.25) is 19.6 Å². The highest BCUT2D eigenvalue weighted by Gasteiger charge is 2.11. The Morgan fingerprint density at radius 1 is 1.17 bits per heavy atom. The summed E-state index contributed by atoms with van der Waals surface area (Å²) in [5.74, 6) is 3.32. The number of ether oxygens (including phenoxy) is 1. The molecule has 3 heteroatoms. The van der Waals surface area contributed by atoms with E-state index in [0.717, 1.165) is 31.9 Å². The van der Waals surface area contributed by atoms with Crippen LogP contribution in [-0.4, -0.2) is 34.4 Å². The lowest BCUT2D eigenvalue weighted by molar-refractivity contribution is 0.122. The third-order valence-corrected chi connectivity index (χ3v) is 3.68. The second-order valence-electron chi connectivity index (χ2n) is 5.65. The lowest BCUT2D eigenvalue weighted by Gasteiger charge is -2.28. The molecular formula is C15H21NOSi. The summed E-state index contributed by atoms with van der Waals surface area (Å²) < 4.78 is 5.38. The minimum atomic E-state index is -1.29. The first-order chi connectivity index (χ1) is 8.54. The molecule has 0 amide bonds. The number of hydrogen-bond donors (Lipinski definition) is 0. The van der Waals surface area contributed by atoms with Crippen LogP contribution in [0.25, 0.3) is 0 Å². The van der Waals surface area contributed by atoms with E-state index in [-0.39, 0.29) is 0 Å². The average Bonchev–Trinajstić information content (AvgIpc) is 2.37. The molecule has 1 heterocycles. The molecule has 1 saturated heterocycles. The number of anilines is 1. The molecule has 0 aromatic heterocycles. The van der Waals surface area contributed by atoms with Crippen LogP contribution in [0, 0.1) is 11.5 Å². The molecule has 2 nitrogen and oxygen atoms in total. The number of benzene rings is 1. The van der Waals surface area contributed by atoms with Gasteiger partial charge in [0.1, 0.15) is 8.07 Å². The Balaban J connectivity index is 2.16. The highest BCUT2D eigenvalue weighted by Crippen LogP contribution is 2.17. The van der Waals surface area contributed by atoms with E-state index in [1.165, 1.54) is 5.69 Å². The van der Waals surface area contributed by atoms with Gasteiger partial charge in [0.05, 0.1) is 13.2 Å². The predicted octanol–water partition coefficient (Wildman–Crippen LogP) is 2.75. The second-order valence-corrected chi connectivity index (χ2v) is 10.4. The summed E-state index contributed by atoms with van der Waals surface area (Å²) in [6, 6.07) is 8.54. The van der Waals surface area contributed by atoms with Crippen LogP contribution in [0.1, 0.15) is 5.56 Å². The highest BCUT2D eigenvalue weighted by atomic mass is 28.3. The standard InChI is InChI=1S/C15H21NOSi/c1-18(2,3)12-7-14-5-4-6-15(13-14)16-8-10-17-11-9-16/h4-6,13H,8-11H2,1-3H3. The van der Waals surface area contributed by atoms with Crippen LogP contribution >= 0.6 is 0 Å². The number of rotatable bonds is 1. The number of hydrogen-bond acceptors (Lipinski definition) is 2. The van der Waals surface area contributed by atoms with E-state index >= 15 is 0 Å². The fraction of sp³-hybridized carbons (Fsp3) is 0.467. The summed E-state index contributed by atoms with van der Waals surface area (Å²) in [4.78, 5) is 2.36. The van der Waals surface area contributed by atoms with E-state index in [0.29, 0.717) is 0 Å². The van der Waals surface area contributed by atoms with Crippen LogP contribution < -0.4 is 4.90 Å². The molecule has 0 spiro atoms. The van der Waals surface area contributed by atoms with Crippen molar-refractivity contribution in [2.75, 3.05) is 31.2 Å². The number of morpholine rings is 1. The first-order valence-electron chi connectivity index (χ1n) is 6.50. The Labute approximate surface area is 111 Å². The van der Waals surface area contributed by atoms with E-state index in [9.17, 15) is 0 Å². The van der Waals surface area contributed by atoms with Gasteiger partial charge in [0.15, 0.2) is 0 Å². The average molecular weight is 259 g/mol. The van der Waals surface area contributed by atoms with Gasteiger partial charge in [0, 0.05) is 24.3 Å². The topological polar surface area (TPSA) is 12.5 Å². The van der Waals surface area contributed by atoms with Gasteiger partial charge in [-0.2, -0.15) is 0 Å². The Morgan fingerprint density at radius 3 is 2.56 bits per heavy atom. The SMILES string of the molecule is C[Si](C)(C)C#Cc1cccc(N2CCOCC2)c1. The van der Waals surface area contributed by atoms with Gasteiger partial charge in [-0.3, -0.25) is 0 Å². The van der Waals surface area contributed by atoms with Crippen LogP contribution in [0.4, 0.5) is 5.69 Å². The smallest absolute Gasteiger partial charge is 0.129 e. The van der Waals surface area contributed by atoms with Gasteiger partial charge in [-0.1, -0.05) is 31.6 Å². The Hall–Kier alpha value is -1.24. The maximum Gasteiger partial charge on any atom is 0.129 e. The van der Waals surface area contributed by atoms with Crippen molar-refractivity contribution in [3.63, 3.8) is 0 Å².